The van der Waals surface area contributed by atoms with E-state index < -0.39 is 5.91 Å². The minimum atomic E-state index is -0.394. The van der Waals surface area contributed by atoms with E-state index in [9.17, 15) is 9.18 Å². The number of nitrogens with zero attached hydrogens (tertiary/aromatic N) is 1. The Bertz CT molecular complexity index is 400. The third-order valence-electron chi connectivity index (χ3n) is 1.44. The Labute approximate surface area is 94.1 Å². The second-order valence-corrected chi connectivity index (χ2v) is 3.67. The highest BCUT2D eigenvalue weighted by Gasteiger charge is 2.03. The van der Waals surface area contributed by atoms with Gasteiger partial charge in [-0.2, -0.15) is 5.26 Å². The molecule has 72 valence electrons. The lowest BCUT2D eigenvalue weighted by atomic mass is 10.3. The number of hydrogen-bond acceptors (Lipinski definition) is 2. The van der Waals surface area contributed by atoms with Gasteiger partial charge in [-0.1, -0.05) is 0 Å². The highest BCUT2D eigenvalue weighted by molar-refractivity contribution is 14.1. The maximum absolute atomic E-state index is 12.8. The van der Waals surface area contributed by atoms with Gasteiger partial charge in [-0.25, -0.2) is 4.39 Å². The minimum absolute atomic E-state index is 0.200. The predicted octanol–water partition coefficient (Wildman–Crippen LogP) is 2.28. The van der Waals surface area contributed by atoms with E-state index in [1.807, 2.05) is 22.6 Å². The molecule has 0 radical (unpaired) electrons. The van der Waals surface area contributed by atoms with Crippen molar-refractivity contribution >= 4 is 34.2 Å². The van der Waals surface area contributed by atoms with Gasteiger partial charge in [0.1, 0.15) is 12.2 Å². The van der Waals surface area contributed by atoms with E-state index in [2.05, 4.69) is 5.32 Å². The SMILES string of the molecule is N#CCC(=O)Nc1ccc(F)c(I)c1. The van der Waals surface area contributed by atoms with Gasteiger partial charge < -0.3 is 5.32 Å². The summed E-state index contributed by atoms with van der Waals surface area (Å²) < 4.78 is 13.2. The number of benzene rings is 1. The van der Waals surface area contributed by atoms with Crippen molar-refractivity contribution in [3.63, 3.8) is 0 Å². The average Bonchev–Trinajstić information content (AvgIpc) is 2.12. The van der Waals surface area contributed by atoms with E-state index in [1.54, 1.807) is 6.07 Å². The van der Waals surface area contributed by atoms with E-state index in [4.69, 9.17) is 5.26 Å². The van der Waals surface area contributed by atoms with Crippen LogP contribution in [0.5, 0.6) is 0 Å². The summed E-state index contributed by atoms with van der Waals surface area (Å²) in [6.07, 6.45) is -0.200. The van der Waals surface area contributed by atoms with Crippen LogP contribution in [0.25, 0.3) is 0 Å². The van der Waals surface area contributed by atoms with Crippen LogP contribution in [0.3, 0.4) is 0 Å². The van der Waals surface area contributed by atoms with Crippen LogP contribution < -0.4 is 5.32 Å². The summed E-state index contributed by atoms with van der Waals surface area (Å²) in [5.41, 5.74) is 0.496. The van der Waals surface area contributed by atoms with Crippen LogP contribution in [0, 0.1) is 20.7 Å². The van der Waals surface area contributed by atoms with Gasteiger partial charge in [0, 0.05) is 5.69 Å². The molecular weight excluding hydrogens is 298 g/mol. The highest BCUT2D eigenvalue weighted by atomic mass is 127. The Morgan fingerprint density at radius 2 is 2.36 bits per heavy atom. The molecule has 0 aromatic heterocycles. The zero-order valence-electron chi connectivity index (χ0n) is 7.05. The topological polar surface area (TPSA) is 52.9 Å². The largest absolute Gasteiger partial charge is 0.325 e. The molecule has 5 heteroatoms. The van der Waals surface area contributed by atoms with Gasteiger partial charge in [-0.15, -0.1) is 0 Å². The standard InChI is InChI=1S/C9H6FIN2O/c10-7-2-1-6(5-8(7)11)13-9(14)3-4-12/h1-2,5H,3H2,(H,13,14). The van der Waals surface area contributed by atoms with Crippen LogP contribution in [-0.4, -0.2) is 5.91 Å². The van der Waals surface area contributed by atoms with Crippen molar-refractivity contribution in [3.8, 4) is 6.07 Å². The van der Waals surface area contributed by atoms with E-state index >= 15 is 0 Å². The molecule has 0 spiro atoms. The maximum Gasteiger partial charge on any atom is 0.238 e. The number of amides is 1. The Morgan fingerprint density at radius 3 is 2.93 bits per heavy atom. The van der Waals surface area contributed by atoms with Gasteiger partial charge in [-0.3, -0.25) is 4.79 Å². The average molecular weight is 304 g/mol. The fraction of sp³-hybridized carbons (Fsp3) is 0.111. The molecule has 1 rings (SSSR count). The number of nitriles is 1. The maximum atomic E-state index is 12.8. The van der Waals surface area contributed by atoms with Crippen LogP contribution in [0.4, 0.5) is 10.1 Å². The van der Waals surface area contributed by atoms with Gasteiger partial charge in [0.25, 0.3) is 0 Å². The summed E-state index contributed by atoms with van der Waals surface area (Å²) in [4.78, 5) is 11.0. The van der Waals surface area contributed by atoms with E-state index in [1.165, 1.54) is 18.2 Å². The first-order valence-electron chi connectivity index (χ1n) is 3.75. The molecule has 0 aliphatic heterocycles. The number of halogens is 2. The molecule has 0 aliphatic rings. The molecule has 0 fully saturated rings. The highest BCUT2D eigenvalue weighted by Crippen LogP contribution is 2.16. The summed E-state index contributed by atoms with van der Waals surface area (Å²) in [7, 11) is 0. The van der Waals surface area contributed by atoms with Gasteiger partial charge >= 0.3 is 0 Å². The zero-order valence-corrected chi connectivity index (χ0v) is 9.21. The Kier molecular flexibility index (Phi) is 3.83. The van der Waals surface area contributed by atoms with Crippen molar-refractivity contribution in [2.24, 2.45) is 0 Å². The lowest BCUT2D eigenvalue weighted by molar-refractivity contribution is -0.115. The first kappa shape index (κ1) is 10.9. The third kappa shape index (κ3) is 2.96. The molecule has 0 heterocycles. The summed E-state index contributed by atoms with van der Waals surface area (Å²) in [6.45, 7) is 0. The molecule has 0 bridgehead atoms. The number of nitrogens with one attached hydrogen (secondary N) is 1. The molecule has 1 aromatic carbocycles. The van der Waals surface area contributed by atoms with Crippen molar-refractivity contribution in [3.05, 3.63) is 27.6 Å². The first-order chi connectivity index (χ1) is 6.63. The molecule has 0 aliphatic carbocycles. The van der Waals surface area contributed by atoms with Gasteiger partial charge in [0.05, 0.1) is 9.64 Å². The molecule has 1 aromatic rings. The molecule has 0 atom stereocenters. The smallest absolute Gasteiger partial charge is 0.238 e. The second-order valence-electron chi connectivity index (χ2n) is 2.51. The lowest BCUT2D eigenvalue weighted by Crippen LogP contribution is -2.10. The first-order valence-corrected chi connectivity index (χ1v) is 4.83. The van der Waals surface area contributed by atoms with Crippen LogP contribution in [0.2, 0.25) is 0 Å². The van der Waals surface area contributed by atoms with Crippen LogP contribution in [-0.2, 0) is 4.79 Å². The van der Waals surface area contributed by atoms with Crippen molar-refractivity contribution in [1.82, 2.24) is 0 Å². The number of carbonyl (C=O) groups excluding carboxylic acids is 1. The van der Waals surface area contributed by atoms with Crippen molar-refractivity contribution < 1.29 is 9.18 Å². The molecule has 1 N–H and O–H groups in total. The monoisotopic (exact) mass is 304 g/mol. The quantitative estimate of drug-likeness (QED) is 0.852. The second kappa shape index (κ2) is 4.91. The summed E-state index contributed by atoms with van der Waals surface area (Å²) in [6, 6.07) is 5.95. The summed E-state index contributed by atoms with van der Waals surface area (Å²) >= 11 is 1.83. The number of rotatable bonds is 2. The summed E-state index contributed by atoms with van der Waals surface area (Å²) in [5, 5.41) is 10.7. The van der Waals surface area contributed by atoms with Gasteiger partial charge in [-0.05, 0) is 40.8 Å². The Balaban J connectivity index is 2.74. The summed E-state index contributed by atoms with van der Waals surface area (Å²) in [5.74, 6) is -0.723. The molecule has 0 unspecified atom stereocenters. The lowest BCUT2D eigenvalue weighted by Gasteiger charge is -2.03. The number of anilines is 1. The number of hydrogen-bond donors (Lipinski definition) is 1. The Hall–Kier alpha value is -1.16. The molecule has 0 saturated heterocycles. The molecule has 3 nitrogen and oxygen atoms in total. The number of carbonyl (C=O) groups is 1. The third-order valence-corrected chi connectivity index (χ3v) is 2.27. The van der Waals surface area contributed by atoms with E-state index in [0.29, 0.717) is 9.26 Å². The normalized spacial score (nSPS) is 9.21. The van der Waals surface area contributed by atoms with Crippen LogP contribution in [0.15, 0.2) is 18.2 Å². The molecular formula is C9H6FIN2O. The molecule has 0 saturated carbocycles. The van der Waals surface area contributed by atoms with E-state index in [-0.39, 0.29) is 12.2 Å². The Morgan fingerprint density at radius 1 is 1.64 bits per heavy atom. The van der Waals surface area contributed by atoms with Crippen molar-refractivity contribution in [2.45, 2.75) is 6.42 Å². The van der Waals surface area contributed by atoms with Crippen molar-refractivity contribution in [2.75, 3.05) is 5.32 Å². The predicted molar refractivity (Wildman–Crippen MR) is 58.0 cm³/mol. The van der Waals surface area contributed by atoms with Crippen LogP contribution >= 0.6 is 22.6 Å². The van der Waals surface area contributed by atoms with Gasteiger partial charge in [0.15, 0.2) is 0 Å². The zero-order chi connectivity index (χ0) is 10.6. The van der Waals surface area contributed by atoms with Crippen molar-refractivity contribution in [1.29, 1.82) is 5.26 Å². The minimum Gasteiger partial charge on any atom is -0.325 e. The van der Waals surface area contributed by atoms with Crippen LogP contribution in [0.1, 0.15) is 6.42 Å². The van der Waals surface area contributed by atoms with E-state index in [0.717, 1.165) is 0 Å². The molecule has 14 heavy (non-hydrogen) atoms. The van der Waals surface area contributed by atoms with Gasteiger partial charge in [0.2, 0.25) is 5.91 Å². The fourth-order valence-electron chi connectivity index (χ4n) is 0.851. The molecule has 1 amide bonds. The fourth-order valence-corrected chi connectivity index (χ4v) is 1.37.